The van der Waals surface area contributed by atoms with Crippen molar-refractivity contribution in [2.75, 3.05) is 19.8 Å². The van der Waals surface area contributed by atoms with Crippen LogP contribution >= 0.6 is 0 Å². The second-order valence-electron chi connectivity index (χ2n) is 3.95. The molecule has 0 fully saturated rings. The van der Waals surface area contributed by atoms with E-state index in [1.54, 1.807) is 19.1 Å². The van der Waals surface area contributed by atoms with Gasteiger partial charge in [0.15, 0.2) is 0 Å². The maximum atomic E-state index is 13.2. The van der Waals surface area contributed by atoms with Crippen LogP contribution in [-0.2, 0) is 11.3 Å². The van der Waals surface area contributed by atoms with Gasteiger partial charge in [-0.1, -0.05) is 18.2 Å². The summed E-state index contributed by atoms with van der Waals surface area (Å²) in [5, 5.41) is 3.21. The Morgan fingerprint density at radius 3 is 2.94 bits per heavy atom. The van der Waals surface area contributed by atoms with Crippen molar-refractivity contribution in [3.05, 3.63) is 47.8 Å². The van der Waals surface area contributed by atoms with Crippen LogP contribution in [-0.4, -0.2) is 19.8 Å². The zero-order valence-electron chi connectivity index (χ0n) is 10.3. The van der Waals surface area contributed by atoms with E-state index in [0.29, 0.717) is 25.3 Å². The van der Waals surface area contributed by atoms with E-state index in [1.807, 2.05) is 12.1 Å². The van der Waals surface area contributed by atoms with Gasteiger partial charge in [-0.25, -0.2) is 4.39 Å². The molecule has 1 aromatic carbocycles. The SMILES string of the molecule is C=CCCOCCNCc1ccc(C)c(F)c1. The van der Waals surface area contributed by atoms with Gasteiger partial charge in [0.1, 0.15) is 5.82 Å². The molecule has 0 unspecified atom stereocenters. The Labute approximate surface area is 102 Å². The van der Waals surface area contributed by atoms with Crippen molar-refractivity contribution in [3.63, 3.8) is 0 Å². The number of ether oxygens (including phenoxy) is 1. The first-order valence-electron chi connectivity index (χ1n) is 5.88. The number of benzene rings is 1. The second kappa shape index (κ2) is 7.98. The van der Waals surface area contributed by atoms with E-state index in [2.05, 4.69) is 11.9 Å². The lowest BCUT2D eigenvalue weighted by Gasteiger charge is -2.06. The lowest BCUT2D eigenvalue weighted by atomic mass is 10.1. The molecule has 0 amide bonds. The smallest absolute Gasteiger partial charge is 0.126 e. The molecule has 1 N–H and O–H groups in total. The largest absolute Gasteiger partial charge is 0.380 e. The van der Waals surface area contributed by atoms with Crippen LogP contribution in [0.25, 0.3) is 0 Å². The molecule has 94 valence electrons. The monoisotopic (exact) mass is 237 g/mol. The molecule has 0 aliphatic rings. The molecule has 0 heterocycles. The van der Waals surface area contributed by atoms with Crippen LogP contribution in [0.5, 0.6) is 0 Å². The van der Waals surface area contributed by atoms with Crippen LogP contribution in [0, 0.1) is 12.7 Å². The summed E-state index contributed by atoms with van der Waals surface area (Å²) in [5.74, 6) is -0.147. The van der Waals surface area contributed by atoms with Crippen LogP contribution in [0.15, 0.2) is 30.9 Å². The second-order valence-corrected chi connectivity index (χ2v) is 3.95. The normalized spacial score (nSPS) is 10.5. The quantitative estimate of drug-likeness (QED) is 0.554. The minimum absolute atomic E-state index is 0.147. The summed E-state index contributed by atoms with van der Waals surface area (Å²) in [6, 6.07) is 5.30. The molecule has 0 spiro atoms. The summed E-state index contributed by atoms with van der Waals surface area (Å²) < 4.78 is 18.6. The van der Waals surface area contributed by atoms with E-state index in [-0.39, 0.29) is 5.82 Å². The molecule has 0 aliphatic heterocycles. The Bertz CT molecular complexity index is 352. The van der Waals surface area contributed by atoms with E-state index < -0.39 is 0 Å². The zero-order chi connectivity index (χ0) is 12.5. The number of hydrogen-bond donors (Lipinski definition) is 1. The number of aryl methyl sites for hydroxylation is 1. The summed E-state index contributed by atoms with van der Waals surface area (Å²) in [4.78, 5) is 0. The third-order valence-corrected chi connectivity index (χ3v) is 2.45. The van der Waals surface area contributed by atoms with E-state index in [0.717, 1.165) is 18.5 Å². The van der Waals surface area contributed by atoms with Gasteiger partial charge < -0.3 is 10.1 Å². The number of nitrogens with one attached hydrogen (secondary N) is 1. The Morgan fingerprint density at radius 1 is 1.41 bits per heavy atom. The van der Waals surface area contributed by atoms with E-state index >= 15 is 0 Å². The summed E-state index contributed by atoms with van der Waals surface area (Å²) in [6.45, 7) is 8.20. The minimum Gasteiger partial charge on any atom is -0.380 e. The summed E-state index contributed by atoms with van der Waals surface area (Å²) >= 11 is 0. The van der Waals surface area contributed by atoms with Crippen LogP contribution in [0.1, 0.15) is 17.5 Å². The molecular formula is C14H20FNO. The van der Waals surface area contributed by atoms with Gasteiger partial charge in [-0.2, -0.15) is 0 Å². The molecule has 1 aromatic rings. The number of rotatable bonds is 8. The van der Waals surface area contributed by atoms with Crippen molar-refractivity contribution in [3.8, 4) is 0 Å². The maximum Gasteiger partial charge on any atom is 0.126 e. The molecule has 0 atom stereocenters. The molecule has 0 aliphatic carbocycles. The van der Waals surface area contributed by atoms with Crippen molar-refractivity contribution in [1.29, 1.82) is 0 Å². The van der Waals surface area contributed by atoms with Crippen LogP contribution < -0.4 is 5.32 Å². The van der Waals surface area contributed by atoms with Crippen LogP contribution in [0.2, 0.25) is 0 Å². The van der Waals surface area contributed by atoms with Gasteiger partial charge in [-0.05, 0) is 30.5 Å². The lowest BCUT2D eigenvalue weighted by Crippen LogP contribution is -2.19. The molecule has 0 aromatic heterocycles. The van der Waals surface area contributed by atoms with Gasteiger partial charge in [-0.15, -0.1) is 6.58 Å². The topological polar surface area (TPSA) is 21.3 Å². The van der Waals surface area contributed by atoms with Gasteiger partial charge in [-0.3, -0.25) is 0 Å². The van der Waals surface area contributed by atoms with Gasteiger partial charge in [0.05, 0.1) is 13.2 Å². The predicted molar refractivity (Wildman–Crippen MR) is 68.5 cm³/mol. The van der Waals surface area contributed by atoms with E-state index in [9.17, 15) is 4.39 Å². The Balaban J connectivity index is 2.13. The molecule has 0 radical (unpaired) electrons. The Morgan fingerprint density at radius 2 is 2.24 bits per heavy atom. The first-order chi connectivity index (χ1) is 8.24. The maximum absolute atomic E-state index is 13.2. The fraction of sp³-hybridized carbons (Fsp3) is 0.429. The van der Waals surface area contributed by atoms with Gasteiger partial charge in [0, 0.05) is 13.1 Å². The highest BCUT2D eigenvalue weighted by Crippen LogP contribution is 2.08. The van der Waals surface area contributed by atoms with Crippen LogP contribution in [0.3, 0.4) is 0 Å². The average Bonchev–Trinajstić information content (AvgIpc) is 2.32. The van der Waals surface area contributed by atoms with Gasteiger partial charge >= 0.3 is 0 Å². The Hall–Kier alpha value is -1.19. The highest BCUT2D eigenvalue weighted by atomic mass is 19.1. The van der Waals surface area contributed by atoms with E-state index in [4.69, 9.17) is 4.74 Å². The van der Waals surface area contributed by atoms with Crippen molar-refractivity contribution < 1.29 is 9.13 Å². The third kappa shape index (κ3) is 5.61. The van der Waals surface area contributed by atoms with Crippen LogP contribution in [0.4, 0.5) is 4.39 Å². The van der Waals surface area contributed by atoms with Crippen molar-refractivity contribution >= 4 is 0 Å². The fourth-order valence-corrected chi connectivity index (χ4v) is 1.39. The molecular weight excluding hydrogens is 217 g/mol. The average molecular weight is 237 g/mol. The number of halogens is 1. The first kappa shape index (κ1) is 13.9. The van der Waals surface area contributed by atoms with Crippen molar-refractivity contribution in [1.82, 2.24) is 5.32 Å². The van der Waals surface area contributed by atoms with E-state index in [1.165, 1.54) is 0 Å². The molecule has 0 bridgehead atoms. The van der Waals surface area contributed by atoms with Crippen molar-refractivity contribution in [2.24, 2.45) is 0 Å². The molecule has 0 saturated carbocycles. The lowest BCUT2D eigenvalue weighted by molar-refractivity contribution is 0.140. The number of hydrogen-bond acceptors (Lipinski definition) is 2. The molecule has 0 saturated heterocycles. The summed E-state index contributed by atoms with van der Waals surface area (Å²) in [6.07, 6.45) is 2.71. The molecule has 1 rings (SSSR count). The van der Waals surface area contributed by atoms with Gasteiger partial charge in [0.25, 0.3) is 0 Å². The molecule has 17 heavy (non-hydrogen) atoms. The standard InChI is InChI=1S/C14H20FNO/c1-3-4-8-17-9-7-16-11-13-6-5-12(2)14(15)10-13/h3,5-6,10,16H,1,4,7-9,11H2,2H3. The Kier molecular flexibility index (Phi) is 6.51. The highest BCUT2D eigenvalue weighted by Gasteiger charge is 1.98. The fourth-order valence-electron chi connectivity index (χ4n) is 1.39. The molecule has 3 heteroatoms. The first-order valence-corrected chi connectivity index (χ1v) is 5.88. The van der Waals surface area contributed by atoms with Gasteiger partial charge in [0.2, 0.25) is 0 Å². The molecule has 2 nitrogen and oxygen atoms in total. The minimum atomic E-state index is -0.147. The third-order valence-electron chi connectivity index (χ3n) is 2.45. The zero-order valence-corrected chi connectivity index (χ0v) is 10.3. The van der Waals surface area contributed by atoms with Crippen molar-refractivity contribution in [2.45, 2.75) is 19.9 Å². The summed E-state index contributed by atoms with van der Waals surface area (Å²) in [7, 11) is 0. The summed E-state index contributed by atoms with van der Waals surface area (Å²) in [5.41, 5.74) is 1.64. The highest BCUT2D eigenvalue weighted by molar-refractivity contribution is 5.23. The predicted octanol–water partition coefficient (Wildman–Crippen LogP) is 2.82.